The molecular weight excluding hydrogens is 467 g/mol. The van der Waals surface area contributed by atoms with Crippen molar-refractivity contribution in [3.8, 4) is 11.4 Å². The standard InChI is InChI=1S/C30H29FN4O2/c1-3-21-14-16-23(17-15-21)28-33-29(37-34-28)26-20(2)35(18-8-11-22-9-5-4-6-10-22)30(36)32-27(26)24-12-7-13-25(31)19-24/h4-7,9-10,12-17,19,27H,3,8,11,18H2,1-2H3,(H,32,36). The van der Waals surface area contributed by atoms with E-state index in [1.165, 1.54) is 23.3 Å². The molecular formula is C30H29FN4O2. The molecule has 1 unspecified atom stereocenters. The highest BCUT2D eigenvalue weighted by atomic mass is 19.1. The van der Waals surface area contributed by atoms with Gasteiger partial charge in [0.1, 0.15) is 5.82 Å². The van der Waals surface area contributed by atoms with E-state index in [0.717, 1.165) is 24.8 Å². The Balaban J connectivity index is 1.49. The first-order valence-corrected chi connectivity index (χ1v) is 12.5. The number of urea groups is 1. The van der Waals surface area contributed by atoms with Crippen LogP contribution in [0, 0.1) is 5.82 Å². The second-order valence-corrected chi connectivity index (χ2v) is 9.15. The number of hydrogen-bond donors (Lipinski definition) is 1. The van der Waals surface area contributed by atoms with Gasteiger partial charge in [0.05, 0.1) is 11.6 Å². The summed E-state index contributed by atoms with van der Waals surface area (Å²) in [6, 6.07) is 23.6. The lowest BCUT2D eigenvalue weighted by atomic mass is 9.94. The molecule has 1 aromatic heterocycles. The summed E-state index contributed by atoms with van der Waals surface area (Å²) in [6.07, 6.45) is 2.57. The third-order valence-electron chi connectivity index (χ3n) is 6.75. The van der Waals surface area contributed by atoms with E-state index in [-0.39, 0.29) is 11.8 Å². The molecule has 2 heterocycles. The average Bonchev–Trinajstić information content (AvgIpc) is 3.40. The molecule has 0 saturated heterocycles. The highest BCUT2D eigenvalue weighted by Gasteiger charge is 2.35. The van der Waals surface area contributed by atoms with Gasteiger partial charge in [0.25, 0.3) is 5.89 Å². The second-order valence-electron chi connectivity index (χ2n) is 9.15. The van der Waals surface area contributed by atoms with Crippen molar-refractivity contribution in [1.29, 1.82) is 0 Å². The predicted octanol–water partition coefficient (Wildman–Crippen LogP) is 6.57. The van der Waals surface area contributed by atoms with Gasteiger partial charge in [-0.3, -0.25) is 4.90 Å². The minimum absolute atomic E-state index is 0.238. The summed E-state index contributed by atoms with van der Waals surface area (Å²) in [7, 11) is 0. The lowest BCUT2D eigenvalue weighted by molar-refractivity contribution is 0.204. The van der Waals surface area contributed by atoms with Crippen molar-refractivity contribution in [2.75, 3.05) is 6.54 Å². The van der Waals surface area contributed by atoms with Crippen molar-refractivity contribution < 1.29 is 13.7 Å². The van der Waals surface area contributed by atoms with Gasteiger partial charge in [-0.25, -0.2) is 9.18 Å². The Morgan fingerprint density at radius 3 is 2.51 bits per heavy atom. The SMILES string of the molecule is CCc1ccc(-c2noc(C3=C(C)N(CCCc4ccccc4)C(=O)NC3c3cccc(F)c3)n2)cc1. The molecule has 2 amide bonds. The number of benzene rings is 3. The number of nitrogens with one attached hydrogen (secondary N) is 1. The molecule has 7 heteroatoms. The van der Waals surface area contributed by atoms with E-state index in [9.17, 15) is 9.18 Å². The Bertz CT molecular complexity index is 1410. The largest absolute Gasteiger partial charge is 0.334 e. The van der Waals surface area contributed by atoms with Crippen LogP contribution in [0.2, 0.25) is 0 Å². The van der Waals surface area contributed by atoms with Crippen LogP contribution in [-0.4, -0.2) is 27.6 Å². The monoisotopic (exact) mass is 496 g/mol. The molecule has 1 N–H and O–H groups in total. The van der Waals surface area contributed by atoms with Gasteiger partial charge in [0.15, 0.2) is 0 Å². The molecule has 0 aliphatic carbocycles. The van der Waals surface area contributed by atoms with E-state index >= 15 is 0 Å². The molecule has 0 saturated carbocycles. The van der Waals surface area contributed by atoms with Crippen molar-refractivity contribution in [2.45, 2.75) is 39.2 Å². The van der Waals surface area contributed by atoms with Gasteiger partial charge in [0.2, 0.25) is 5.82 Å². The number of amides is 2. The van der Waals surface area contributed by atoms with Gasteiger partial charge in [-0.05, 0) is 55.0 Å². The molecule has 1 aliphatic heterocycles. The summed E-state index contributed by atoms with van der Waals surface area (Å²) in [5.74, 6) is 0.383. The van der Waals surface area contributed by atoms with Crippen LogP contribution in [0.4, 0.5) is 9.18 Å². The molecule has 1 aliphatic rings. The van der Waals surface area contributed by atoms with E-state index in [1.54, 1.807) is 17.0 Å². The minimum Gasteiger partial charge on any atom is -0.334 e. The molecule has 0 radical (unpaired) electrons. The van der Waals surface area contributed by atoms with Crippen molar-refractivity contribution in [1.82, 2.24) is 20.4 Å². The maximum absolute atomic E-state index is 14.1. The lowest BCUT2D eigenvalue weighted by Crippen LogP contribution is -2.46. The number of allylic oxidation sites excluding steroid dienone is 1. The smallest absolute Gasteiger partial charge is 0.322 e. The Kier molecular flexibility index (Phi) is 7.12. The van der Waals surface area contributed by atoms with E-state index in [2.05, 4.69) is 34.5 Å². The van der Waals surface area contributed by atoms with E-state index in [4.69, 9.17) is 4.52 Å². The maximum atomic E-state index is 14.1. The average molecular weight is 497 g/mol. The van der Waals surface area contributed by atoms with Crippen molar-refractivity contribution in [2.24, 2.45) is 0 Å². The zero-order valence-electron chi connectivity index (χ0n) is 20.9. The Hall–Kier alpha value is -4.26. The third-order valence-corrected chi connectivity index (χ3v) is 6.75. The molecule has 188 valence electrons. The molecule has 6 nitrogen and oxygen atoms in total. The topological polar surface area (TPSA) is 71.3 Å². The number of carbonyl (C=O) groups is 1. The van der Waals surface area contributed by atoms with Crippen LogP contribution >= 0.6 is 0 Å². The van der Waals surface area contributed by atoms with Gasteiger partial charge in [-0.15, -0.1) is 0 Å². The Morgan fingerprint density at radius 1 is 1.00 bits per heavy atom. The van der Waals surface area contributed by atoms with Crippen molar-refractivity contribution >= 4 is 11.6 Å². The van der Waals surface area contributed by atoms with Crippen LogP contribution in [0.1, 0.15) is 48.9 Å². The minimum atomic E-state index is -0.621. The molecule has 4 aromatic rings. The summed E-state index contributed by atoms with van der Waals surface area (Å²) >= 11 is 0. The Labute approximate surface area is 215 Å². The molecule has 0 bridgehead atoms. The van der Waals surface area contributed by atoms with Gasteiger partial charge >= 0.3 is 6.03 Å². The molecule has 0 fully saturated rings. The number of nitrogens with zero attached hydrogens (tertiary/aromatic N) is 3. The number of rotatable bonds is 8. The zero-order valence-corrected chi connectivity index (χ0v) is 20.9. The first kappa shape index (κ1) is 24.4. The summed E-state index contributed by atoms with van der Waals surface area (Å²) in [6.45, 7) is 4.50. The lowest BCUT2D eigenvalue weighted by Gasteiger charge is -2.35. The number of carbonyl (C=O) groups excluding carboxylic acids is 1. The molecule has 3 aromatic carbocycles. The van der Waals surface area contributed by atoms with Crippen LogP contribution < -0.4 is 5.32 Å². The summed E-state index contributed by atoms with van der Waals surface area (Å²) in [4.78, 5) is 19.6. The van der Waals surface area contributed by atoms with Gasteiger partial charge < -0.3 is 9.84 Å². The molecule has 0 spiro atoms. The normalized spacial score (nSPS) is 15.7. The van der Waals surface area contributed by atoms with Crippen molar-refractivity contribution in [3.63, 3.8) is 0 Å². The fraction of sp³-hybridized carbons (Fsp3) is 0.233. The number of halogens is 1. The number of hydrogen-bond acceptors (Lipinski definition) is 4. The van der Waals surface area contributed by atoms with Crippen LogP contribution in [-0.2, 0) is 12.8 Å². The first-order chi connectivity index (χ1) is 18.0. The summed E-state index contributed by atoms with van der Waals surface area (Å²) < 4.78 is 19.9. The van der Waals surface area contributed by atoms with Crippen LogP contribution in [0.3, 0.4) is 0 Å². The highest BCUT2D eigenvalue weighted by molar-refractivity contribution is 5.86. The van der Waals surface area contributed by atoms with Crippen LogP contribution in [0.5, 0.6) is 0 Å². The second kappa shape index (κ2) is 10.8. The van der Waals surface area contributed by atoms with Crippen molar-refractivity contribution in [3.05, 3.63) is 113 Å². The van der Waals surface area contributed by atoms with Crippen LogP contribution in [0.15, 0.2) is 89.1 Å². The van der Waals surface area contributed by atoms with E-state index in [0.29, 0.717) is 35.1 Å². The third kappa shape index (κ3) is 5.31. The zero-order chi connectivity index (χ0) is 25.8. The van der Waals surface area contributed by atoms with Gasteiger partial charge in [-0.2, -0.15) is 4.98 Å². The molecule has 37 heavy (non-hydrogen) atoms. The van der Waals surface area contributed by atoms with Crippen LogP contribution in [0.25, 0.3) is 17.0 Å². The molecule has 5 rings (SSSR count). The maximum Gasteiger partial charge on any atom is 0.322 e. The first-order valence-electron chi connectivity index (χ1n) is 12.5. The predicted molar refractivity (Wildman–Crippen MR) is 141 cm³/mol. The highest BCUT2D eigenvalue weighted by Crippen LogP contribution is 2.37. The van der Waals surface area contributed by atoms with E-state index in [1.807, 2.05) is 49.4 Å². The molecule has 1 atom stereocenters. The quantitative estimate of drug-likeness (QED) is 0.300. The fourth-order valence-corrected chi connectivity index (χ4v) is 4.69. The van der Waals surface area contributed by atoms with E-state index < -0.39 is 6.04 Å². The Morgan fingerprint density at radius 2 is 1.78 bits per heavy atom. The van der Waals surface area contributed by atoms with Gasteiger partial charge in [-0.1, -0.05) is 78.8 Å². The number of aromatic nitrogens is 2. The fourth-order valence-electron chi connectivity index (χ4n) is 4.69. The summed E-state index contributed by atoms with van der Waals surface area (Å²) in [5, 5.41) is 7.25. The van der Waals surface area contributed by atoms with Gasteiger partial charge in [0, 0.05) is 17.8 Å². The summed E-state index contributed by atoms with van der Waals surface area (Å²) in [5.41, 5.74) is 5.26. The number of aryl methyl sites for hydroxylation is 2.